The fourth-order valence-corrected chi connectivity index (χ4v) is 5.75. The maximum Gasteiger partial charge on any atom is 0.319 e. The van der Waals surface area contributed by atoms with E-state index < -0.39 is 21.8 Å². The molecule has 2 aromatic heterocycles. The molecule has 0 fully saturated rings. The van der Waals surface area contributed by atoms with Gasteiger partial charge in [-0.2, -0.15) is 0 Å². The SMILES string of the molecule is CCOC(=O)C(C)(Cc1ccccc1)c1nc(C(C)(C)O)cn1-c1ccc(-c2cccc(S(C)=O)c2)s1. The summed E-state index contributed by atoms with van der Waals surface area (Å²) < 4.78 is 19.5. The van der Waals surface area contributed by atoms with Gasteiger partial charge in [-0.1, -0.05) is 42.5 Å². The van der Waals surface area contributed by atoms with Gasteiger partial charge in [-0.3, -0.25) is 13.6 Å². The highest BCUT2D eigenvalue weighted by atomic mass is 32.2. The quantitative estimate of drug-likeness (QED) is 0.281. The van der Waals surface area contributed by atoms with Crippen LogP contribution in [0.15, 0.2) is 77.8 Å². The van der Waals surface area contributed by atoms with E-state index in [0.29, 0.717) is 17.9 Å². The van der Waals surface area contributed by atoms with E-state index >= 15 is 0 Å². The van der Waals surface area contributed by atoms with Crippen molar-refractivity contribution in [1.29, 1.82) is 0 Å². The van der Waals surface area contributed by atoms with E-state index in [9.17, 15) is 14.1 Å². The molecule has 8 heteroatoms. The smallest absolute Gasteiger partial charge is 0.319 e. The van der Waals surface area contributed by atoms with Crippen LogP contribution in [0.2, 0.25) is 0 Å². The number of imidazole rings is 1. The Bertz CT molecular complexity index is 1420. The molecule has 2 aromatic carbocycles. The van der Waals surface area contributed by atoms with Gasteiger partial charge < -0.3 is 9.84 Å². The zero-order chi connectivity index (χ0) is 26.8. The van der Waals surface area contributed by atoms with Crippen molar-refractivity contribution < 1.29 is 18.8 Å². The van der Waals surface area contributed by atoms with Crippen LogP contribution in [-0.2, 0) is 37.8 Å². The molecule has 0 saturated heterocycles. The molecule has 0 saturated carbocycles. The van der Waals surface area contributed by atoms with E-state index in [-0.39, 0.29) is 12.6 Å². The van der Waals surface area contributed by atoms with Gasteiger partial charge in [-0.05, 0) is 69.5 Å². The monoisotopic (exact) mass is 536 g/mol. The minimum Gasteiger partial charge on any atom is -0.465 e. The van der Waals surface area contributed by atoms with E-state index in [0.717, 1.165) is 25.9 Å². The molecule has 4 rings (SSSR count). The second-order valence-corrected chi connectivity index (χ2v) is 12.2. The minimum absolute atomic E-state index is 0.251. The van der Waals surface area contributed by atoms with E-state index in [1.165, 1.54) is 11.3 Å². The summed E-state index contributed by atoms with van der Waals surface area (Å²) in [5, 5.41) is 11.7. The molecular formula is C29H32N2O4S2. The third-order valence-corrected chi connectivity index (χ3v) is 8.28. The molecule has 1 N–H and O–H groups in total. The number of thiophene rings is 1. The molecule has 194 valence electrons. The number of nitrogens with zero attached hydrogens (tertiary/aromatic N) is 2. The number of benzene rings is 2. The van der Waals surface area contributed by atoms with Crippen LogP contribution < -0.4 is 0 Å². The Labute approximate surface area is 224 Å². The maximum absolute atomic E-state index is 13.5. The highest BCUT2D eigenvalue weighted by molar-refractivity contribution is 7.84. The van der Waals surface area contributed by atoms with Crippen molar-refractivity contribution in [3.8, 4) is 15.4 Å². The molecule has 0 spiro atoms. The van der Waals surface area contributed by atoms with Crippen molar-refractivity contribution >= 4 is 28.1 Å². The molecule has 6 nitrogen and oxygen atoms in total. The van der Waals surface area contributed by atoms with Crippen molar-refractivity contribution in [1.82, 2.24) is 9.55 Å². The minimum atomic E-state index is -1.21. The number of hydrogen-bond acceptors (Lipinski definition) is 6. The fraction of sp³-hybridized carbons (Fsp3) is 0.310. The first-order valence-electron chi connectivity index (χ1n) is 12.1. The summed E-state index contributed by atoms with van der Waals surface area (Å²) in [7, 11) is -1.08. The summed E-state index contributed by atoms with van der Waals surface area (Å²) >= 11 is 1.54. The van der Waals surface area contributed by atoms with Gasteiger partial charge in [0.25, 0.3) is 0 Å². The van der Waals surface area contributed by atoms with Crippen molar-refractivity contribution in [3.05, 3.63) is 90.0 Å². The first-order chi connectivity index (χ1) is 17.5. The fourth-order valence-electron chi connectivity index (χ4n) is 4.21. The lowest BCUT2D eigenvalue weighted by Crippen LogP contribution is -2.39. The number of aromatic nitrogens is 2. The van der Waals surface area contributed by atoms with Crippen LogP contribution in [0.25, 0.3) is 15.4 Å². The highest BCUT2D eigenvalue weighted by Gasteiger charge is 2.43. The van der Waals surface area contributed by atoms with Gasteiger partial charge in [0.15, 0.2) is 0 Å². The van der Waals surface area contributed by atoms with Crippen LogP contribution in [-0.4, -0.2) is 37.7 Å². The Hall–Kier alpha value is -3.07. The molecule has 0 bridgehead atoms. The number of carbonyl (C=O) groups is 1. The number of ether oxygens (including phenoxy) is 1. The Morgan fingerprint density at radius 1 is 1.08 bits per heavy atom. The van der Waals surface area contributed by atoms with Gasteiger partial charge in [0.05, 0.1) is 12.3 Å². The van der Waals surface area contributed by atoms with Crippen LogP contribution in [0.5, 0.6) is 0 Å². The lowest BCUT2D eigenvalue weighted by atomic mass is 9.82. The molecular weight excluding hydrogens is 504 g/mol. The predicted molar refractivity (Wildman–Crippen MR) is 149 cm³/mol. The maximum atomic E-state index is 13.5. The molecule has 4 aromatic rings. The average Bonchev–Trinajstić information content (AvgIpc) is 3.53. The van der Waals surface area contributed by atoms with Gasteiger partial charge in [0, 0.05) is 33.0 Å². The second kappa shape index (κ2) is 10.7. The first-order valence-corrected chi connectivity index (χ1v) is 14.5. The predicted octanol–water partition coefficient (Wildman–Crippen LogP) is 5.63. The molecule has 0 aliphatic heterocycles. The second-order valence-electron chi connectivity index (χ2n) is 9.71. The van der Waals surface area contributed by atoms with Crippen molar-refractivity contribution in [2.75, 3.05) is 12.9 Å². The molecule has 2 heterocycles. The Morgan fingerprint density at radius 2 is 1.81 bits per heavy atom. The normalized spacial score (nSPS) is 14.2. The van der Waals surface area contributed by atoms with Crippen molar-refractivity contribution in [3.63, 3.8) is 0 Å². The van der Waals surface area contributed by atoms with Crippen LogP contribution in [0.3, 0.4) is 0 Å². The van der Waals surface area contributed by atoms with Gasteiger partial charge in [-0.15, -0.1) is 11.3 Å². The Balaban J connectivity index is 1.86. The van der Waals surface area contributed by atoms with E-state index in [2.05, 4.69) is 0 Å². The van der Waals surface area contributed by atoms with Gasteiger partial charge in [0.2, 0.25) is 0 Å². The van der Waals surface area contributed by atoms with Crippen LogP contribution in [0.4, 0.5) is 0 Å². The van der Waals surface area contributed by atoms with Gasteiger partial charge in [-0.25, -0.2) is 4.98 Å². The number of esters is 1. The van der Waals surface area contributed by atoms with Crippen LogP contribution >= 0.6 is 11.3 Å². The van der Waals surface area contributed by atoms with E-state index in [1.807, 2.05) is 78.2 Å². The summed E-state index contributed by atoms with van der Waals surface area (Å²) in [6.45, 7) is 7.25. The molecule has 2 atom stereocenters. The average molecular weight is 537 g/mol. The van der Waals surface area contributed by atoms with Crippen LogP contribution in [0, 0.1) is 0 Å². The van der Waals surface area contributed by atoms with E-state index in [4.69, 9.17) is 9.72 Å². The lowest BCUT2D eigenvalue weighted by Gasteiger charge is -2.27. The summed E-state index contributed by atoms with van der Waals surface area (Å²) in [5.74, 6) is 0.131. The molecule has 0 aliphatic rings. The number of aliphatic hydroxyl groups is 1. The third kappa shape index (κ3) is 5.76. The summed E-state index contributed by atoms with van der Waals surface area (Å²) in [4.78, 5) is 20.1. The lowest BCUT2D eigenvalue weighted by molar-refractivity contribution is -0.149. The molecule has 2 unspecified atom stereocenters. The topological polar surface area (TPSA) is 81.4 Å². The highest BCUT2D eigenvalue weighted by Crippen LogP contribution is 2.37. The van der Waals surface area contributed by atoms with Crippen LogP contribution in [0.1, 0.15) is 44.8 Å². The molecule has 37 heavy (non-hydrogen) atoms. The standard InChI is InChI=1S/C29H32N2O4S2/c1-6-35-27(32)29(4,18-20-11-8-7-9-12-20)26-30-24(28(2,3)33)19-31(26)25-16-15-23(36-25)21-13-10-14-22(17-21)37(5)34/h7-17,19,33H,6,18H2,1-5H3. The molecule has 0 radical (unpaired) electrons. The molecule has 0 aliphatic carbocycles. The van der Waals surface area contributed by atoms with E-state index in [1.54, 1.807) is 33.2 Å². The number of rotatable bonds is 9. The Kier molecular flexibility index (Phi) is 7.83. The van der Waals surface area contributed by atoms with Crippen molar-refractivity contribution in [2.45, 2.75) is 50.0 Å². The summed E-state index contributed by atoms with van der Waals surface area (Å²) in [6, 6.07) is 21.4. The number of carbonyl (C=O) groups excluding carboxylic acids is 1. The third-order valence-electron chi connectivity index (χ3n) is 6.23. The van der Waals surface area contributed by atoms with Gasteiger partial charge >= 0.3 is 5.97 Å². The zero-order valence-corrected chi connectivity index (χ0v) is 23.4. The summed E-state index contributed by atoms with van der Waals surface area (Å²) in [5.41, 5.74) is 0.0928. The van der Waals surface area contributed by atoms with Gasteiger partial charge in [0.1, 0.15) is 21.8 Å². The Morgan fingerprint density at radius 3 is 2.46 bits per heavy atom. The molecule has 0 amide bonds. The largest absolute Gasteiger partial charge is 0.465 e. The van der Waals surface area contributed by atoms with Crippen molar-refractivity contribution in [2.24, 2.45) is 0 Å². The zero-order valence-electron chi connectivity index (χ0n) is 21.7. The first kappa shape index (κ1) is 27.0. The number of hydrogen-bond donors (Lipinski definition) is 1. The summed E-state index contributed by atoms with van der Waals surface area (Å²) in [6.07, 6.45) is 3.85.